The van der Waals surface area contributed by atoms with E-state index in [1.807, 2.05) is 0 Å². The maximum atomic E-state index is 8.55. The Bertz CT molecular complexity index is 260. The Balaban J connectivity index is -0.000000178. The van der Waals surface area contributed by atoms with Gasteiger partial charge in [-0.3, -0.25) is 0 Å². The van der Waals surface area contributed by atoms with Crippen LogP contribution in [0.3, 0.4) is 0 Å². The van der Waals surface area contributed by atoms with Crippen molar-refractivity contribution in [3.8, 4) is 0 Å². The molecular weight excluding hydrogens is 404 g/mol. The van der Waals surface area contributed by atoms with Crippen LogP contribution in [0.1, 0.15) is 71.1 Å². The van der Waals surface area contributed by atoms with Gasteiger partial charge in [0.05, 0.1) is 26.4 Å². The molecule has 1 N–H and O–H groups in total. The summed E-state index contributed by atoms with van der Waals surface area (Å²) in [6.07, 6.45) is 13.6. The third kappa shape index (κ3) is 58.6. The molecule has 0 aromatic heterocycles. The van der Waals surface area contributed by atoms with Crippen LogP contribution in [0.5, 0.6) is 0 Å². The Morgan fingerprint density at radius 3 is 1.37 bits per heavy atom. The predicted octanol–water partition coefficient (Wildman–Crippen LogP) is -7.88. The average molecular weight is 438 g/mol. The Morgan fingerprint density at radius 1 is 0.667 bits per heavy atom. The third-order valence-electron chi connectivity index (χ3n) is 3.25. The van der Waals surface area contributed by atoms with Crippen molar-refractivity contribution in [3.05, 3.63) is 0 Å². The molecule has 0 radical (unpaired) electrons. The summed E-state index contributed by atoms with van der Waals surface area (Å²) in [6, 6.07) is 0. The molecule has 0 amide bonds. The molecule has 7 nitrogen and oxygen atoms in total. The first kappa shape index (κ1) is 40.4. The minimum atomic E-state index is -5.39. The van der Waals surface area contributed by atoms with Crippen LogP contribution >= 0.6 is 7.82 Å². The number of aliphatic hydroxyl groups excluding tert-OH is 1. The molecule has 0 rings (SSSR count). The standard InChI is InChI=1S/C16H34O3.3Na.H3O4P/c1-2-3-4-5-6-7-8-9-10-11-13-18-15-16-19-14-12-17;;;;1-5(2,3)4/h17H,2-16H2,1H3;;;;(H3,1,2,3,4)/q;3*+1;/p-3. The van der Waals surface area contributed by atoms with E-state index in [1.54, 1.807) is 0 Å². The molecule has 0 saturated carbocycles. The van der Waals surface area contributed by atoms with Gasteiger partial charge in [0.25, 0.3) is 0 Å². The molecule has 0 aliphatic carbocycles. The zero-order chi connectivity index (χ0) is 18.5. The molecule has 0 spiro atoms. The first-order valence-electron chi connectivity index (χ1n) is 8.91. The minimum Gasteiger partial charge on any atom is -0.822 e. The van der Waals surface area contributed by atoms with Crippen molar-refractivity contribution in [1.82, 2.24) is 0 Å². The fourth-order valence-electron chi connectivity index (χ4n) is 2.08. The van der Waals surface area contributed by atoms with Crippen molar-refractivity contribution in [1.29, 1.82) is 0 Å². The van der Waals surface area contributed by atoms with Crippen molar-refractivity contribution < 1.29 is 122 Å². The smallest absolute Gasteiger partial charge is 0.822 e. The molecule has 0 heterocycles. The second-order valence-electron chi connectivity index (χ2n) is 5.58. The van der Waals surface area contributed by atoms with Crippen LogP contribution in [0.15, 0.2) is 0 Å². The van der Waals surface area contributed by atoms with Crippen molar-refractivity contribution in [2.24, 2.45) is 0 Å². The van der Waals surface area contributed by atoms with Gasteiger partial charge in [-0.15, -0.1) is 0 Å². The number of hydrogen-bond donors (Lipinski definition) is 1. The number of rotatable bonds is 16. The molecule has 0 saturated heterocycles. The van der Waals surface area contributed by atoms with E-state index < -0.39 is 7.82 Å². The van der Waals surface area contributed by atoms with Crippen molar-refractivity contribution in [2.75, 3.05) is 33.0 Å². The van der Waals surface area contributed by atoms with Gasteiger partial charge in [0.1, 0.15) is 0 Å². The van der Waals surface area contributed by atoms with Gasteiger partial charge in [-0.2, -0.15) is 7.82 Å². The number of ether oxygens (including phenoxy) is 2. The Hall–Kier alpha value is 2.99. The molecule has 0 fully saturated rings. The van der Waals surface area contributed by atoms with Gasteiger partial charge in [-0.05, 0) is 6.42 Å². The van der Waals surface area contributed by atoms with Gasteiger partial charge in [0, 0.05) is 6.61 Å². The SMILES string of the molecule is CCCCCCCCCCCCOCCOCCO.O=P([O-])([O-])[O-].[Na+].[Na+].[Na+]. The van der Waals surface area contributed by atoms with E-state index in [4.69, 9.17) is 33.8 Å². The quantitative estimate of drug-likeness (QED) is 0.144. The fourth-order valence-corrected chi connectivity index (χ4v) is 2.08. The molecule has 0 aromatic rings. The molecule has 0 atom stereocenters. The summed E-state index contributed by atoms with van der Waals surface area (Å²) in [7, 11) is -5.39. The van der Waals surface area contributed by atoms with Crippen LogP contribution in [0.2, 0.25) is 0 Å². The molecule has 148 valence electrons. The number of phosphoric acid groups is 1. The second-order valence-corrected chi connectivity index (χ2v) is 6.47. The summed E-state index contributed by atoms with van der Waals surface area (Å²) in [5.74, 6) is 0. The van der Waals surface area contributed by atoms with E-state index in [2.05, 4.69) is 6.92 Å². The zero-order valence-electron chi connectivity index (χ0n) is 18.0. The fraction of sp³-hybridized carbons (Fsp3) is 1.00. The monoisotopic (exact) mass is 438 g/mol. The van der Waals surface area contributed by atoms with Crippen LogP contribution in [0.4, 0.5) is 0 Å². The second kappa shape index (κ2) is 33.6. The molecule has 27 heavy (non-hydrogen) atoms. The van der Waals surface area contributed by atoms with Gasteiger partial charge in [-0.1, -0.05) is 64.7 Å². The van der Waals surface area contributed by atoms with Crippen LogP contribution in [-0.4, -0.2) is 38.1 Å². The Morgan fingerprint density at radius 2 is 1.00 bits per heavy atom. The summed E-state index contributed by atoms with van der Waals surface area (Å²) in [6.45, 7) is 4.87. The summed E-state index contributed by atoms with van der Waals surface area (Å²) < 4.78 is 19.1. The molecule has 0 aliphatic rings. The van der Waals surface area contributed by atoms with E-state index in [9.17, 15) is 0 Å². The summed E-state index contributed by atoms with van der Waals surface area (Å²) >= 11 is 0. The summed E-state index contributed by atoms with van der Waals surface area (Å²) in [5, 5.41) is 8.50. The van der Waals surface area contributed by atoms with Gasteiger partial charge in [-0.25, -0.2) is 0 Å². The zero-order valence-corrected chi connectivity index (χ0v) is 24.8. The van der Waals surface area contributed by atoms with Crippen molar-refractivity contribution in [3.63, 3.8) is 0 Å². The third-order valence-corrected chi connectivity index (χ3v) is 3.25. The van der Waals surface area contributed by atoms with Gasteiger partial charge in [0.15, 0.2) is 0 Å². The average Bonchev–Trinajstić information content (AvgIpc) is 2.49. The maximum Gasteiger partial charge on any atom is 1.00 e. The number of unbranched alkanes of at least 4 members (excludes halogenated alkanes) is 9. The molecule has 0 aliphatic heterocycles. The minimum absolute atomic E-state index is 0. The number of aliphatic hydroxyl groups is 1. The Labute approximate surface area is 231 Å². The molecule has 11 heteroatoms. The summed E-state index contributed by atoms with van der Waals surface area (Å²) in [5.41, 5.74) is 0. The topological polar surface area (TPSA) is 125 Å². The molecule has 0 unspecified atom stereocenters. The maximum absolute atomic E-state index is 8.55. The van der Waals surface area contributed by atoms with Crippen molar-refractivity contribution in [2.45, 2.75) is 71.1 Å². The van der Waals surface area contributed by atoms with Gasteiger partial charge >= 0.3 is 88.7 Å². The van der Waals surface area contributed by atoms with Gasteiger partial charge < -0.3 is 33.8 Å². The van der Waals surface area contributed by atoms with Crippen LogP contribution < -0.4 is 103 Å². The van der Waals surface area contributed by atoms with E-state index in [1.165, 1.54) is 57.8 Å². The first-order chi connectivity index (χ1) is 11.4. The van der Waals surface area contributed by atoms with E-state index in [-0.39, 0.29) is 95.3 Å². The normalized spacial score (nSPS) is 9.96. The molecule has 0 aromatic carbocycles. The first-order valence-corrected chi connectivity index (χ1v) is 10.4. The summed E-state index contributed by atoms with van der Waals surface area (Å²) in [4.78, 5) is 25.6. The Kier molecular flexibility index (Phi) is 50.3. The van der Waals surface area contributed by atoms with Crippen LogP contribution in [0.25, 0.3) is 0 Å². The van der Waals surface area contributed by atoms with E-state index in [0.717, 1.165) is 13.0 Å². The van der Waals surface area contributed by atoms with E-state index in [0.29, 0.717) is 19.8 Å². The van der Waals surface area contributed by atoms with Crippen LogP contribution in [-0.2, 0) is 14.0 Å². The number of hydrogen-bond acceptors (Lipinski definition) is 7. The van der Waals surface area contributed by atoms with Crippen molar-refractivity contribution >= 4 is 7.82 Å². The van der Waals surface area contributed by atoms with E-state index >= 15 is 0 Å². The molecule has 0 bridgehead atoms. The van der Waals surface area contributed by atoms with Crippen LogP contribution in [0, 0.1) is 0 Å². The molecular formula is C16H34Na3O7P. The largest absolute Gasteiger partial charge is 1.00 e. The van der Waals surface area contributed by atoms with Gasteiger partial charge in [0.2, 0.25) is 0 Å². The predicted molar refractivity (Wildman–Crippen MR) is 88.2 cm³/mol.